The van der Waals surface area contributed by atoms with E-state index in [0.717, 1.165) is 74.5 Å². The van der Waals surface area contributed by atoms with Crippen LogP contribution in [-0.2, 0) is 4.74 Å². The normalized spacial score (nSPS) is 22.3. The number of anilines is 2. The SMILES string of the molecule is N#Cc1c(N)nc2c(c1-c1ccc(C3CCCCO3)o1)N1CCC2CC1. The van der Waals surface area contributed by atoms with Gasteiger partial charge in [-0.05, 0) is 44.2 Å². The van der Waals surface area contributed by atoms with Crippen LogP contribution < -0.4 is 10.6 Å². The highest BCUT2D eigenvalue weighted by atomic mass is 16.5. The molecule has 2 N–H and O–H groups in total. The summed E-state index contributed by atoms with van der Waals surface area (Å²) in [6.07, 6.45) is 5.44. The Labute approximate surface area is 152 Å². The molecule has 4 aliphatic heterocycles. The van der Waals surface area contributed by atoms with Crippen molar-refractivity contribution >= 4 is 11.5 Å². The Kier molecular flexibility index (Phi) is 3.64. The van der Waals surface area contributed by atoms with Gasteiger partial charge in [-0.2, -0.15) is 5.26 Å². The van der Waals surface area contributed by atoms with Gasteiger partial charge in [0.25, 0.3) is 0 Å². The summed E-state index contributed by atoms with van der Waals surface area (Å²) >= 11 is 0. The van der Waals surface area contributed by atoms with E-state index in [9.17, 15) is 5.26 Å². The van der Waals surface area contributed by atoms with Gasteiger partial charge in [-0.3, -0.25) is 0 Å². The van der Waals surface area contributed by atoms with Crippen LogP contribution in [0.5, 0.6) is 0 Å². The second-order valence-corrected chi connectivity index (χ2v) is 7.41. The van der Waals surface area contributed by atoms with E-state index < -0.39 is 0 Å². The molecule has 134 valence electrons. The van der Waals surface area contributed by atoms with Gasteiger partial charge in [0.2, 0.25) is 0 Å². The number of nitrogen functional groups attached to an aromatic ring is 1. The minimum absolute atomic E-state index is 0.00908. The fourth-order valence-electron chi connectivity index (χ4n) is 4.57. The number of fused-ring (bicyclic) bond motifs is 2. The summed E-state index contributed by atoms with van der Waals surface area (Å²) in [5.41, 5.74) is 9.46. The zero-order valence-corrected chi connectivity index (χ0v) is 14.7. The highest BCUT2D eigenvalue weighted by Crippen LogP contribution is 2.49. The number of hydrogen-bond donors (Lipinski definition) is 1. The summed E-state index contributed by atoms with van der Waals surface area (Å²) in [6, 6.07) is 6.18. The molecule has 1 unspecified atom stereocenters. The van der Waals surface area contributed by atoms with Crippen LogP contribution in [0.4, 0.5) is 11.5 Å². The number of piperidine rings is 1. The predicted molar refractivity (Wildman–Crippen MR) is 97.8 cm³/mol. The molecule has 2 saturated heterocycles. The van der Waals surface area contributed by atoms with Crippen LogP contribution in [-0.4, -0.2) is 24.7 Å². The first-order valence-corrected chi connectivity index (χ1v) is 9.46. The van der Waals surface area contributed by atoms with Crippen LogP contribution in [0, 0.1) is 11.3 Å². The van der Waals surface area contributed by atoms with E-state index in [2.05, 4.69) is 16.0 Å². The van der Waals surface area contributed by atoms with E-state index in [1.165, 1.54) is 0 Å². The minimum Gasteiger partial charge on any atom is -0.458 e. The average molecular weight is 350 g/mol. The fraction of sp³-hybridized carbons (Fsp3) is 0.500. The molecule has 2 bridgehead atoms. The van der Waals surface area contributed by atoms with Gasteiger partial charge in [-0.15, -0.1) is 0 Å². The van der Waals surface area contributed by atoms with E-state index in [4.69, 9.17) is 14.9 Å². The lowest BCUT2D eigenvalue weighted by Gasteiger charge is -2.42. The first-order valence-electron chi connectivity index (χ1n) is 9.46. The lowest BCUT2D eigenvalue weighted by molar-refractivity contribution is 0.00222. The van der Waals surface area contributed by atoms with E-state index >= 15 is 0 Å². The zero-order valence-electron chi connectivity index (χ0n) is 14.7. The molecule has 0 aromatic carbocycles. The molecular formula is C20H22N4O2. The Bertz CT molecular complexity index is 884. The van der Waals surface area contributed by atoms with Crippen LogP contribution in [0.15, 0.2) is 16.5 Å². The van der Waals surface area contributed by atoms with Crippen molar-refractivity contribution in [1.82, 2.24) is 4.98 Å². The molecule has 6 rings (SSSR count). The molecule has 0 spiro atoms. The number of furan rings is 1. The maximum atomic E-state index is 9.73. The van der Waals surface area contributed by atoms with Gasteiger partial charge in [-0.25, -0.2) is 4.98 Å². The molecule has 0 saturated carbocycles. The molecule has 2 fully saturated rings. The number of ether oxygens (including phenoxy) is 1. The molecular weight excluding hydrogens is 328 g/mol. The summed E-state index contributed by atoms with van der Waals surface area (Å²) < 4.78 is 12.0. The van der Waals surface area contributed by atoms with Crippen molar-refractivity contribution in [2.45, 2.75) is 44.1 Å². The first-order chi connectivity index (χ1) is 12.8. The standard InChI is InChI=1S/C20H22N4O2/c21-11-13-17(16-5-4-15(26-16)14-3-1-2-10-25-14)19-18(23-20(13)22)12-6-8-24(19)9-7-12/h4-5,12,14H,1-3,6-10H2,(H2,22,23). The van der Waals surface area contributed by atoms with Crippen molar-refractivity contribution in [1.29, 1.82) is 5.26 Å². The number of nitrogens with two attached hydrogens (primary N) is 1. The Morgan fingerprint density at radius 2 is 2.04 bits per heavy atom. The molecule has 6 heteroatoms. The smallest absolute Gasteiger partial charge is 0.142 e. The van der Waals surface area contributed by atoms with Gasteiger partial charge < -0.3 is 19.8 Å². The van der Waals surface area contributed by atoms with Crippen LogP contribution in [0.1, 0.15) is 61.1 Å². The third kappa shape index (κ3) is 2.31. The molecule has 2 aromatic rings. The lowest BCUT2D eigenvalue weighted by Crippen LogP contribution is -2.40. The topological polar surface area (TPSA) is 88.3 Å². The molecule has 0 aliphatic carbocycles. The third-order valence-corrected chi connectivity index (χ3v) is 5.91. The highest BCUT2D eigenvalue weighted by molar-refractivity contribution is 5.87. The monoisotopic (exact) mass is 350 g/mol. The molecule has 6 nitrogen and oxygen atoms in total. The molecule has 2 aromatic heterocycles. The van der Waals surface area contributed by atoms with Crippen LogP contribution in [0.2, 0.25) is 0 Å². The maximum Gasteiger partial charge on any atom is 0.142 e. The summed E-state index contributed by atoms with van der Waals surface area (Å²) in [6.45, 7) is 2.78. The van der Waals surface area contributed by atoms with Crippen molar-refractivity contribution in [2.24, 2.45) is 0 Å². The predicted octanol–water partition coefficient (Wildman–Crippen LogP) is 3.73. The van der Waals surface area contributed by atoms with Gasteiger partial charge >= 0.3 is 0 Å². The van der Waals surface area contributed by atoms with E-state index in [1.54, 1.807) is 0 Å². The summed E-state index contributed by atoms with van der Waals surface area (Å²) in [4.78, 5) is 6.93. The molecule has 0 amide bonds. The van der Waals surface area contributed by atoms with E-state index in [0.29, 0.717) is 23.1 Å². The van der Waals surface area contributed by atoms with E-state index in [1.807, 2.05) is 12.1 Å². The largest absolute Gasteiger partial charge is 0.458 e. The number of rotatable bonds is 2. The molecule has 26 heavy (non-hydrogen) atoms. The van der Waals surface area contributed by atoms with Crippen molar-refractivity contribution in [3.8, 4) is 17.4 Å². The van der Waals surface area contributed by atoms with Crippen LogP contribution in [0.25, 0.3) is 11.3 Å². The number of pyridine rings is 1. The van der Waals surface area contributed by atoms with Gasteiger partial charge in [-0.1, -0.05) is 0 Å². The van der Waals surface area contributed by atoms with Crippen LogP contribution >= 0.6 is 0 Å². The fourth-order valence-corrected chi connectivity index (χ4v) is 4.57. The quantitative estimate of drug-likeness (QED) is 0.888. The Hall–Kier alpha value is -2.52. The number of nitrogens with zero attached hydrogens (tertiary/aromatic N) is 3. The molecule has 0 radical (unpaired) electrons. The van der Waals surface area contributed by atoms with Crippen LogP contribution in [0.3, 0.4) is 0 Å². The molecule has 4 aliphatic rings. The zero-order chi connectivity index (χ0) is 17.7. The second-order valence-electron chi connectivity index (χ2n) is 7.41. The summed E-state index contributed by atoms with van der Waals surface area (Å²) in [5, 5.41) is 9.73. The van der Waals surface area contributed by atoms with Crippen molar-refractivity contribution in [3.63, 3.8) is 0 Å². The first kappa shape index (κ1) is 15.7. The van der Waals surface area contributed by atoms with Gasteiger partial charge in [0.1, 0.15) is 35.1 Å². The molecule has 1 atom stereocenters. The van der Waals surface area contributed by atoms with Crippen molar-refractivity contribution in [3.05, 3.63) is 29.2 Å². The number of aromatic nitrogens is 1. The van der Waals surface area contributed by atoms with Gasteiger partial charge in [0.05, 0.1) is 16.9 Å². The summed E-state index contributed by atoms with van der Waals surface area (Å²) in [7, 11) is 0. The average Bonchev–Trinajstić information content (AvgIpc) is 3.18. The molecule has 6 heterocycles. The maximum absolute atomic E-state index is 9.73. The van der Waals surface area contributed by atoms with Crippen molar-refractivity contribution < 1.29 is 9.15 Å². The van der Waals surface area contributed by atoms with Crippen molar-refractivity contribution in [2.75, 3.05) is 30.3 Å². The Morgan fingerprint density at radius 1 is 1.19 bits per heavy atom. The third-order valence-electron chi connectivity index (χ3n) is 5.91. The van der Waals surface area contributed by atoms with Gasteiger partial charge in [0, 0.05) is 25.6 Å². The van der Waals surface area contributed by atoms with Gasteiger partial charge in [0.15, 0.2) is 0 Å². The number of nitriles is 1. The van der Waals surface area contributed by atoms with E-state index in [-0.39, 0.29) is 6.10 Å². The summed E-state index contributed by atoms with van der Waals surface area (Å²) in [5.74, 6) is 2.27. The minimum atomic E-state index is 0.00908. The Morgan fingerprint density at radius 3 is 2.77 bits per heavy atom. The Balaban J connectivity index is 1.65. The number of hydrogen-bond acceptors (Lipinski definition) is 6. The lowest BCUT2D eigenvalue weighted by atomic mass is 9.84. The highest BCUT2D eigenvalue weighted by Gasteiger charge is 2.37. The second kappa shape index (κ2) is 6.03.